The van der Waals surface area contributed by atoms with E-state index >= 15 is 0 Å². The number of nitrogens with zero attached hydrogens (tertiary/aromatic N) is 1. The smallest absolute Gasteiger partial charge is 0.321 e. The summed E-state index contributed by atoms with van der Waals surface area (Å²) < 4.78 is 28.1. The number of carbonyl (C=O) groups excluding carboxylic acids is 1. The summed E-state index contributed by atoms with van der Waals surface area (Å²) in [5, 5.41) is 3.35. The van der Waals surface area contributed by atoms with Crippen LogP contribution < -0.4 is 14.9 Å². The molecule has 2 amide bonds. The number of fused-ring (bicyclic) bond motifs is 1. The minimum absolute atomic E-state index is 0.154. The maximum atomic E-state index is 12.8. The fourth-order valence-electron chi connectivity index (χ4n) is 3.01. The number of nitrogens with one attached hydrogen (secondary N) is 2. The van der Waals surface area contributed by atoms with Crippen molar-refractivity contribution in [2.75, 3.05) is 22.7 Å². The van der Waals surface area contributed by atoms with Crippen molar-refractivity contribution in [3.8, 4) is 0 Å². The molecule has 0 aromatic heterocycles. The number of amides is 2. The van der Waals surface area contributed by atoms with E-state index in [0.717, 1.165) is 17.7 Å². The van der Waals surface area contributed by atoms with Gasteiger partial charge in [0.25, 0.3) is 10.0 Å². The molecule has 2 N–H and O–H groups in total. The van der Waals surface area contributed by atoms with E-state index in [1.165, 1.54) is 6.07 Å². The van der Waals surface area contributed by atoms with Gasteiger partial charge in [-0.2, -0.15) is 0 Å². The van der Waals surface area contributed by atoms with Gasteiger partial charge in [0.1, 0.15) is 0 Å². The van der Waals surface area contributed by atoms with Crippen LogP contribution in [0, 0.1) is 6.92 Å². The van der Waals surface area contributed by atoms with Crippen molar-refractivity contribution in [3.05, 3.63) is 52.5 Å². The van der Waals surface area contributed by atoms with Crippen molar-refractivity contribution >= 4 is 39.0 Å². The molecular formula is C19H22ClN3O3S. The number of hydrogen-bond donors (Lipinski definition) is 2. The molecule has 27 heavy (non-hydrogen) atoms. The lowest BCUT2D eigenvalue weighted by molar-refractivity contribution is 0.247. The van der Waals surface area contributed by atoms with Crippen molar-refractivity contribution in [2.24, 2.45) is 0 Å². The molecule has 0 atom stereocenters. The third-order valence-corrected chi connectivity index (χ3v) is 6.31. The van der Waals surface area contributed by atoms with Gasteiger partial charge in [-0.3, -0.25) is 9.62 Å². The Morgan fingerprint density at radius 3 is 2.78 bits per heavy atom. The lowest BCUT2D eigenvalue weighted by atomic mass is 10.2. The van der Waals surface area contributed by atoms with Gasteiger partial charge in [0.2, 0.25) is 0 Å². The van der Waals surface area contributed by atoms with Crippen molar-refractivity contribution in [3.63, 3.8) is 0 Å². The van der Waals surface area contributed by atoms with Crippen molar-refractivity contribution in [2.45, 2.75) is 31.6 Å². The first-order chi connectivity index (χ1) is 12.8. The average molecular weight is 408 g/mol. The van der Waals surface area contributed by atoms with Crippen LogP contribution in [0.3, 0.4) is 0 Å². The lowest BCUT2D eigenvalue weighted by Gasteiger charge is -2.18. The molecule has 1 heterocycles. The average Bonchev–Trinajstić information content (AvgIpc) is 3.06. The molecule has 3 rings (SSSR count). The molecule has 0 fully saturated rings. The summed E-state index contributed by atoms with van der Waals surface area (Å²) >= 11 is 6.07. The summed E-state index contributed by atoms with van der Waals surface area (Å²) in [7, 11) is -3.75. The van der Waals surface area contributed by atoms with Gasteiger partial charge in [-0.1, -0.05) is 24.6 Å². The van der Waals surface area contributed by atoms with E-state index in [-0.39, 0.29) is 10.9 Å². The molecule has 0 saturated heterocycles. The summed E-state index contributed by atoms with van der Waals surface area (Å²) in [4.78, 5) is 14.0. The highest BCUT2D eigenvalue weighted by Crippen LogP contribution is 2.31. The van der Waals surface area contributed by atoms with Gasteiger partial charge < -0.3 is 5.32 Å². The monoisotopic (exact) mass is 407 g/mol. The Morgan fingerprint density at radius 1 is 1.26 bits per heavy atom. The highest BCUT2D eigenvalue weighted by atomic mass is 35.5. The number of carbonyl (C=O) groups is 1. The quantitative estimate of drug-likeness (QED) is 0.788. The minimum atomic E-state index is -3.75. The van der Waals surface area contributed by atoms with Crippen LogP contribution in [-0.4, -0.2) is 27.5 Å². The van der Waals surface area contributed by atoms with Gasteiger partial charge in [-0.05, 0) is 61.2 Å². The maximum absolute atomic E-state index is 12.8. The molecule has 0 aliphatic carbocycles. The van der Waals surface area contributed by atoms with Gasteiger partial charge in [-0.15, -0.1) is 0 Å². The summed E-state index contributed by atoms with van der Waals surface area (Å²) in [6, 6.07) is 9.76. The van der Waals surface area contributed by atoms with Crippen LogP contribution in [0.15, 0.2) is 41.3 Å². The third-order valence-electron chi connectivity index (χ3n) is 4.54. The summed E-state index contributed by atoms with van der Waals surface area (Å²) in [6.45, 7) is 4.90. The second kappa shape index (κ2) is 7.78. The second-order valence-electron chi connectivity index (χ2n) is 6.44. The van der Waals surface area contributed by atoms with Crippen molar-refractivity contribution in [1.82, 2.24) is 5.32 Å². The lowest BCUT2D eigenvalue weighted by Crippen LogP contribution is -2.39. The van der Waals surface area contributed by atoms with Crippen LogP contribution in [-0.2, 0) is 16.4 Å². The number of rotatable bonds is 5. The van der Waals surface area contributed by atoms with Crippen molar-refractivity contribution < 1.29 is 13.2 Å². The highest BCUT2D eigenvalue weighted by molar-refractivity contribution is 7.92. The van der Waals surface area contributed by atoms with E-state index in [2.05, 4.69) is 10.0 Å². The Bertz CT molecular complexity index is 976. The molecule has 0 radical (unpaired) electrons. The molecule has 2 aromatic rings. The highest BCUT2D eigenvalue weighted by Gasteiger charge is 2.26. The largest absolute Gasteiger partial charge is 0.338 e. The summed E-state index contributed by atoms with van der Waals surface area (Å²) in [5.74, 6) is 0. The number of benzene rings is 2. The molecule has 6 nitrogen and oxygen atoms in total. The molecule has 0 bridgehead atoms. The van der Waals surface area contributed by atoms with E-state index in [1.54, 1.807) is 42.2 Å². The second-order valence-corrected chi connectivity index (χ2v) is 8.53. The van der Waals surface area contributed by atoms with Gasteiger partial charge in [-0.25, -0.2) is 13.2 Å². The molecule has 0 unspecified atom stereocenters. The predicted molar refractivity (Wildman–Crippen MR) is 108 cm³/mol. The third kappa shape index (κ3) is 4.04. The van der Waals surface area contributed by atoms with E-state index < -0.39 is 10.0 Å². The van der Waals surface area contributed by atoms with Crippen LogP contribution in [0.5, 0.6) is 0 Å². The van der Waals surface area contributed by atoms with Gasteiger partial charge in [0.05, 0.1) is 10.6 Å². The fourth-order valence-corrected chi connectivity index (χ4v) is 4.35. The molecular weight excluding hydrogens is 386 g/mol. The SMILES string of the molecule is CCCNC(=O)N1CCc2cc(S(=O)(=O)Nc3cccc(Cl)c3C)ccc21. The number of halogens is 1. The van der Waals surface area contributed by atoms with Crippen LogP contribution in [0.2, 0.25) is 5.02 Å². The number of urea groups is 1. The van der Waals surface area contributed by atoms with Gasteiger partial charge in [0.15, 0.2) is 0 Å². The summed E-state index contributed by atoms with van der Waals surface area (Å²) in [6.07, 6.45) is 1.48. The van der Waals surface area contributed by atoms with E-state index in [9.17, 15) is 13.2 Å². The van der Waals surface area contributed by atoms with Gasteiger partial charge in [0, 0.05) is 23.8 Å². The summed E-state index contributed by atoms with van der Waals surface area (Å²) in [5.41, 5.74) is 2.71. The Hall–Kier alpha value is -2.25. The molecule has 8 heteroatoms. The molecule has 1 aliphatic heterocycles. The Balaban J connectivity index is 1.84. The van der Waals surface area contributed by atoms with Crippen molar-refractivity contribution in [1.29, 1.82) is 0 Å². The molecule has 144 valence electrons. The topological polar surface area (TPSA) is 78.5 Å². The van der Waals surface area contributed by atoms with Crippen LogP contribution in [0.25, 0.3) is 0 Å². The number of anilines is 2. The molecule has 0 spiro atoms. The minimum Gasteiger partial charge on any atom is -0.338 e. The normalized spacial score (nSPS) is 13.4. The van der Waals surface area contributed by atoms with Gasteiger partial charge >= 0.3 is 6.03 Å². The zero-order valence-electron chi connectivity index (χ0n) is 15.3. The first-order valence-corrected chi connectivity index (χ1v) is 10.7. The Morgan fingerprint density at radius 2 is 2.04 bits per heavy atom. The maximum Gasteiger partial charge on any atom is 0.321 e. The standard InChI is InChI=1S/C19H22ClN3O3S/c1-3-10-21-19(24)23-11-9-14-12-15(7-8-18(14)23)27(25,26)22-17-6-4-5-16(20)13(17)2/h4-8,12,22H,3,9-11H2,1-2H3,(H,21,24). The number of hydrogen-bond acceptors (Lipinski definition) is 3. The first kappa shape index (κ1) is 19.5. The molecule has 2 aromatic carbocycles. The van der Waals surface area contributed by atoms with Crippen LogP contribution >= 0.6 is 11.6 Å². The molecule has 1 aliphatic rings. The fraction of sp³-hybridized carbons (Fsp3) is 0.316. The van der Waals surface area contributed by atoms with Crippen LogP contribution in [0.1, 0.15) is 24.5 Å². The Labute approximate surface area is 164 Å². The zero-order valence-corrected chi connectivity index (χ0v) is 16.8. The predicted octanol–water partition coefficient (Wildman–Crippen LogP) is 3.93. The molecule has 0 saturated carbocycles. The van der Waals surface area contributed by atoms with Crippen LogP contribution in [0.4, 0.5) is 16.2 Å². The zero-order chi connectivity index (χ0) is 19.6. The Kier molecular flexibility index (Phi) is 5.62. The van der Waals surface area contributed by atoms with E-state index in [4.69, 9.17) is 11.6 Å². The first-order valence-electron chi connectivity index (χ1n) is 8.79. The van der Waals surface area contributed by atoms with E-state index in [0.29, 0.717) is 35.8 Å². The van der Waals surface area contributed by atoms with E-state index in [1.807, 2.05) is 6.92 Å². The number of sulfonamides is 1.